The quantitative estimate of drug-likeness (QED) is 0.523. The highest BCUT2D eigenvalue weighted by Crippen LogP contribution is 2.17. The summed E-state index contributed by atoms with van der Waals surface area (Å²) in [7, 11) is 1.35. The van der Waals surface area contributed by atoms with Crippen LogP contribution >= 0.6 is 0 Å². The number of hydrogen-bond acceptors (Lipinski definition) is 2. The van der Waals surface area contributed by atoms with Crippen molar-refractivity contribution in [3.8, 4) is 0 Å². The first kappa shape index (κ1) is 12.9. The highest BCUT2D eigenvalue weighted by molar-refractivity contribution is 5.65. The maximum absolute atomic E-state index is 10.8. The number of hydrogen-bond donors (Lipinski definition) is 0. The van der Waals surface area contributed by atoms with E-state index in [1.807, 2.05) is 0 Å². The zero-order valence-electron chi connectivity index (χ0n) is 6.66. The van der Waals surface area contributed by atoms with Crippen LogP contribution in [0, 0.1) is 0 Å². The molecule has 0 amide bonds. The molecule has 0 aromatic rings. The van der Waals surface area contributed by atoms with Gasteiger partial charge < -0.3 is 4.74 Å². The Labute approximate surface area is 63.3 Å². The molecular weight excluding hydrogens is 161 g/mol. The van der Waals surface area contributed by atoms with Crippen molar-refractivity contribution >= 4 is 5.97 Å². The van der Waals surface area contributed by atoms with E-state index in [2.05, 4.69) is 4.74 Å². The van der Waals surface area contributed by atoms with Crippen LogP contribution in [-0.4, -0.2) is 19.3 Å². The number of alkyl halides is 3. The van der Waals surface area contributed by atoms with Crippen LogP contribution in [0.1, 0.15) is 20.3 Å². The van der Waals surface area contributed by atoms with Gasteiger partial charge in [0, 0.05) is 13.3 Å². The van der Waals surface area contributed by atoms with Crippen LogP contribution in [0.15, 0.2) is 0 Å². The predicted molar refractivity (Wildman–Crippen MR) is 34.0 cm³/mol. The molecule has 0 N–H and O–H groups in total. The molecule has 2 nitrogen and oxygen atoms in total. The van der Waals surface area contributed by atoms with E-state index in [9.17, 15) is 18.0 Å². The maximum atomic E-state index is 10.8. The Balaban J connectivity index is 0. The van der Waals surface area contributed by atoms with E-state index in [-0.39, 0.29) is 5.97 Å². The van der Waals surface area contributed by atoms with E-state index in [1.54, 1.807) is 0 Å². The summed E-state index contributed by atoms with van der Waals surface area (Å²) in [6.45, 7) is 2.44. The van der Waals surface area contributed by atoms with Gasteiger partial charge in [0.25, 0.3) is 0 Å². The minimum absolute atomic E-state index is 0.245. The van der Waals surface area contributed by atoms with Crippen molar-refractivity contribution in [3.05, 3.63) is 0 Å². The maximum Gasteiger partial charge on any atom is 0.388 e. The van der Waals surface area contributed by atoms with Gasteiger partial charge in [-0.3, -0.25) is 4.79 Å². The summed E-state index contributed by atoms with van der Waals surface area (Å²) in [6.07, 6.45) is -4.69. The lowest BCUT2D eigenvalue weighted by Crippen LogP contribution is -2.02. The number of halogens is 3. The van der Waals surface area contributed by atoms with E-state index < -0.39 is 12.6 Å². The first-order chi connectivity index (χ1) is 4.83. The van der Waals surface area contributed by atoms with Crippen LogP contribution in [0.5, 0.6) is 0 Å². The number of methoxy groups -OCH3 is 1. The zero-order chi connectivity index (χ0) is 9.49. The molecule has 11 heavy (non-hydrogen) atoms. The molecule has 0 atom stereocenters. The summed E-state index contributed by atoms with van der Waals surface area (Å²) in [5.41, 5.74) is 0. The third-order valence-electron chi connectivity index (χ3n) is 0.688. The highest BCUT2D eigenvalue weighted by atomic mass is 19.4. The van der Waals surface area contributed by atoms with Gasteiger partial charge in [-0.2, -0.15) is 13.2 Å². The van der Waals surface area contributed by atoms with Gasteiger partial charge in [-0.1, -0.05) is 6.92 Å². The van der Waals surface area contributed by atoms with Crippen LogP contribution in [0.25, 0.3) is 0 Å². The molecule has 5 heteroatoms. The second kappa shape index (κ2) is 6.00. The molecule has 0 bridgehead atoms. The summed E-state index contributed by atoms with van der Waals surface area (Å²) >= 11 is 0. The summed E-state index contributed by atoms with van der Waals surface area (Å²) in [5, 5.41) is 0. The van der Waals surface area contributed by atoms with Crippen molar-refractivity contribution in [1.82, 2.24) is 0 Å². The predicted octanol–water partition coefficient (Wildman–Crippen LogP) is 2.14. The third kappa shape index (κ3) is 26.9. The minimum Gasteiger partial charge on any atom is -0.469 e. The molecule has 0 aliphatic rings. The Bertz CT molecular complexity index is 109. The van der Waals surface area contributed by atoms with E-state index in [0.717, 1.165) is 6.92 Å². The zero-order valence-corrected chi connectivity index (χ0v) is 6.66. The number of carbonyl (C=O) groups excluding carboxylic acids is 1. The lowest BCUT2D eigenvalue weighted by molar-refractivity contribution is -0.138. The SMILES string of the molecule is CCC(F)(F)F.COC(C)=O. The van der Waals surface area contributed by atoms with Gasteiger partial charge >= 0.3 is 12.1 Å². The molecule has 0 aromatic carbocycles. The molecule has 0 aliphatic heterocycles. The Morgan fingerprint density at radius 3 is 1.64 bits per heavy atom. The Morgan fingerprint density at radius 1 is 1.45 bits per heavy atom. The molecule has 0 unspecified atom stereocenters. The fourth-order valence-corrected chi connectivity index (χ4v) is 0. The largest absolute Gasteiger partial charge is 0.469 e. The Kier molecular flexibility index (Phi) is 7.04. The van der Waals surface area contributed by atoms with E-state index in [1.165, 1.54) is 14.0 Å². The van der Waals surface area contributed by atoms with Crippen molar-refractivity contribution < 1.29 is 22.7 Å². The van der Waals surface area contributed by atoms with E-state index in [4.69, 9.17) is 0 Å². The standard InChI is InChI=1S/C3H5F3.C3H6O2/c1-2-3(4,5)6;1-3(4)5-2/h2H2,1H3;1-2H3. The molecule has 0 spiro atoms. The summed E-state index contributed by atoms with van der Waals surface area (Å²) in [5.74, 6) is -0.245. The molecular formula is C6H11F3O2. The van der Waals surface area contributed by atoms with E-state index >= 15 is 0 Å². The molecule has 0 saturated carbocycles. The first-order valence-electron chi connectivity index (χ1n) is 2.94. The fourth-order valence-electron chi connectivity index (χ4n) is 0. The molecule has 0 fully saturated rings. The number of rotatable bonds is 0. The Hall–Kier alpha value is -0.740. The minimum atomic E-state index is -3.96. The highest BCUT2D eigenvalue weighted by Gasteiger charge is 2.22. The van der Waals surface area contributed by atoms with E-state index in [0.29, 0.717) is 0 Å². The summed E-state index contributed by atoms with van der Waals surface area (Å²) < 4.78 is 36.5. The number of ether oxygens (including phenoxy) is 1. The van der Waals surface area contributed by atoms with Crippen LogP contribution in [0.4, 0.5) is 13.2 Å². The van der Waals surface area contributed by atoms with Gasteiger partial charge in [0.05, 0.1) is 7.11 Å². The average Bonchev–Trinajstić information content (AvgIpc) is 1.88. The lowest BCUT2D eigenvalue weighted by atomic mass is 10.5. The van der Waals surface area contributed by atoms with Gasteiger partial charge in [0.1, 0.15) is 0 Å². The van der Waals surface area contributed by atoms with Crippen LogP contribution in [-0.2, 0) is 9.53 Å². The summed E-state index contributed by atoms with van der Waals surface area (Å²) in [4.78, 5) is 9.59. The normalized spacial score (nSPS) is 9.64. The molecule has 0 heterocycles. The summed E-state index contributed by atoms with van der Waals surface area (Å²) in [6, 6.07) is 0. The molecule has 0 radical (unpaired) electrons. The first-order valence-corrected chi connectivity index (χ1v) is 2.94. The third-order valence-corrected chi connectivity index (χ3v) is 0.688. The molecule has 68 valence electrons. The van der Waals surface area contributed by atoms with Crippen molar-refractivity contribution in [2.45, 2.75) is 26.4 Å². The van der Waals surface area contributed by atoms with Crippen LogP contribution in [0.3, 0.4) is 0 Å². The molecule has 0 aromatic heterocycles. The van der Waals surface area contributed by atoms with Crippen molar-refractivity contribution in [1.29, 1.82) is 0 Å². The molecule has 0 rings (SSSR count). The lowest BCUT2D eigenvalue weighted by Gasteiger charge is -1.96. The van der Waals surface area contributed by atoms with Gasteiger partial charge in [0.2, 0.25) is 0 Å². The fraction of sp³-hybridized carbons (Fsp3) is 0.833. The van der Waals surface area contributed by atoms with Crippen LogP contribution in [0.2, 0.25) is 0 Å². The molecule has 0 saturated heterocycles. The van der Waals surface area contributed by atoms with Gasteiger partial charge in [-0.05, 0) is 0 Å². The second-order valence-electron chi connectivity index (χ2n) is 1.66. The topological polar surface area (TPSA) is 26.3 Å². The van der Waals surface area contributed by atoms with Crippen molar-refractivity contribution in [2.24, 2.45) is 0 Å². The molecule has 0 aliphatic carbocycles. The van der Waals surface area contributed by atoms with Crippen molar-refractivity contribution in [2.75, 3.05) is 7.11 Å². The van der Waals surface area contributed by atoms with Gasteiger partial charge in [0.15, 0.2) is 0 Å². The Morgan fingerprint density at radius 2 is 1.64 bits per heavy atom. The number of esters is 1. The van der Waals surface area contributed by atoms with Crippen molar-refractivity contribution in [3.63, 3.8) is 0 Å². The average molecular weight is 172 g/mol. The van der Waals surface area contributed by atoms with Crippen LogP contribution < -0.4 is 0 Å². The monoisotopic (exact) mass is 172 g/mol. The smallest absolute Gasteiger partial charge is 0.388 e. The van der Waals surface area contributed by atoms with Gasteiger partial charge in [-0.25, -0.2) is 0 Å². The van der Waals surface area contributed by atoms with Gasteiger partial charge in [-0.15, -0.1) is 0 Å². The second-order valence-corrected chi connectivity index (χ2v) is 1.66. The number of carbonyl (C=O) groups is 1.